The summed E-state index contributed by atoms with van der Waals surface area (Å²) in [5.74, 6) is 0.808. The van der Waals surface area contributed by atoms with Gasteiger partial charge in [-0.05, 0) is 49.2 Å². The summed E-state index contributed by atoms with van der Waals surface area (Å²) in [7, 11) is 0. The molecule has 1 N–H and O–H groups in total. The lowest BCUT2D eigenvalue weighted by atomic mass is 10.0. The number of rotatable bonds is 6. The predicted octanol–water partition coefficient (Wildman–Crippen LogP) is 5.96. The molecule has 2 aromatic rings. The Bertz CT molecular complexity index is 601. The lowest BCUT2D eigenvalue weighted by Crippen LogP contribution is -2.11. The van der Waals surface area contributed by atoms with E-state index in [-0.39, 0.29) is 6.04 Å². The van der Waals surface area contributed by atoms with Gasteiger partial charge in [0.2, 0.25) is 0 Å². The summed E-state index contributed by atoms with van der Waals surface area (Å²) in [5, 5.41) is 4.92. The summed E-state index contributed by atoms with van der Waals surface area (Å²) in [4.78, 5) is 0. The highest BCUT2D eigenvalue weighted by atomic mass is 35.5. The molecule has 0 aliphatic rings. The van der Waals surface area contributed by atoms with Crippen LogP contribution in [0.25, 0.3) is 0 Å². The molecule has 112 valence electrons. The van der Waals surface area contributed by atoms with E-state index in [0.29, 0.717) is 11.6 Å². The van der Waals surface area contributed by atoms with Crippen LogP contribution in [0.1, 0.15) is 31.9 Å². The maximum absolute atomic E-state index is 6.10. The normalized spacial score (nSPS) is 12.0. The number of hydrogen-bond donors (Lipinski definition) is 1. The molecule has 0 heterocycles. The first kappa shape index (κ1) is 16.0. The number of benzene rings is 2. The van der Waals surface area contributed by atoms with Crippen molar-refractivity contribution in [1.29, 1.82) is 0 Å². The predicted molar refractivity (Wildman–Crippen MR) is 90.7 cm³/mol. The quantitative estimate of drug-likeness (QED) is 0.708. The molecule has 0 spiro atoms. The van der Waals surface area contributed by atoms with Crippen molar-refractivity contribution in [2.24, 2.45) is 0 Å². The molecule has 0 aliphatic heterocycles. The summed E-state index contributed by atoms with van der Waals surface area (Å²) in [6.45, 7) is 4.71. The molecule has 0 aromatic heterocycles. The summed E-state index contributed by atoms with van der Waals surface area (Å²) in [6.07, 6.45) is 0.929. The van der Waals surface area contributed by atoms with Gasteiger partial charge in [0.1, 0.15) is 5.75 Å². The highest BCUT2D eigenvalue weighted by molar-refractivity contribution is 6.31. The van der Waals surface area contributed by atoms with E-state index in [2.05, 4.69) is 18.3 Å². The molecule has 0 amide bonds. The average Bonchev–Trinajstić information content (AvgIpc) is 2.47. The van der Waals surface area contributed by atoms with Crippen LogP contribution in [0.3, 0.4) is 0 Å². The van der Waals surface area contributed by atoms with Crippen molar-refractivity contribution >= 4 is 28.9 Å². The van der Waals surface area contributed by atoms with E-state index in [9.17, 15) is 0 Å². The average molecular weight is 324 g/mol. The van der Waals surface area contributed by atoms with E-state index in [1.807, 2.05) is 43.3 Å². The lowest BCUT2D eigenvalue weighted by molar-refractivity contribution is 0.341. The van der Waals surface area contributed by atoms with Crippen molar-refractivity contribution < 1.29 is 4.74 Å². The Balaban J connectivity index is 2.28. The van der Waals surface area contributed by atoms with Crippen LogP contribution in [0.4, 0.5) is 5.69 Å². The van der Waals surface area contributed by atoms with Crippen molar-refractivity contribution in [1.82, 2.24) is 0 Å². The number of nitrogens with one attached hydrogen (secondary N) is 1. The number of anilines is 1. The minimum absolute atomic E-state index is 0.154. The van der Waals surface area contributed by atoms with Crippen LogP contribution in [-0.4, -0.2) is 6.61 Å². The van der Waals surface area contributed by atoms with Crippen LogP contribution in [-0.2, 0) is 0 Å². The minimum atomic E-state index is 0.154. The van der Waals surface area contributed by atoms with Crippen molar-refractivity contribution in [2.75, 3.05) is 11.9 Å². The molecule has 0 aliphatic carbocycles. The molecule has 1 unspecified atom stereocenters. The molecule has 1 atom stereocenters. The van der Waals surface area contributed by atoms with Gasteiger partial charge in [0, 0.05) is 10.0 Å². The summed E-state index contributed by atoms with van der Waals surface area (Å²) < 4.78 is 5.65. The second-order valence-electron chi connectivity index (χ2n) is 4.73. The second kappa shape index (κ2) is 7.58. The first-order chi connectivity index (χ1) is 10.1. The molecular formula is C17H19Cl2NO. The molecule has 2 aromatic carbocycles. The van der Waals surface area contributed by atoms with Gasteiger partial charge < -0.3 is 10.1 Å². The smallest absolute Gasteiger partial charge is 0.142 e. The third-order valence-corrected chi connectivity index (χ3v) is 3.70. The molecule has 0 saturated heterocycles. The van der Waals surface area contributed by atoms with Gasteiger partial charge in [0.25, 0.3) is 0 Å². The lowest BCUT2D eigenvalue weighted by Gasteiger charge is -2.21. The van der Waals surface area contributed by atoms with E-state index >= 15 is 0 Å². The van der Waals surface area contributed by atoms with Crippen LogP contribution in [0.2, 0.25) is 10.0 Å². The van der Waals surface area contributed by atoms with E-state index in [1.165, 1.54) is 0 Å². The number of halogens is 2. The van der Waals surface area contributed by atoms with Gasteiger partial charge in [-0.2, -0.15) is 0 Å². The fourth-order valence-corrected chi connectivity index (χ4v) is 2.60. The van der Waals surface area contributed by atoms with Gasteiger partial charge in [-0.25, -0.2) is 0 Å². The first-order valence-electron chi connectivity index (χ1n) is 7.08. The summed E-state index contributed by atoms with van der Waals surface area (Å²) in [5.41, 5.74) is 2.04. The Morgan fingerprint density at radius 3 is 2.48 bits per heavy atom. The van der Waals surface area contributed by atoms with Crippen molar-refractivity contribution in [3.8, 4) is 5.75 Å². The number of ether oxygens (including phenoxy) is 1. The van der Waals surface area contributed by atoms with E-state index < -0.39 is 0 Å². The molecule has 0 bridgehead atoms. The fraction of sp³-hybridized carbons (Fsp3) is 0.294. The van der Waals surface area contributed by atoms with Gasteiger partial charge in [0.05, 0.1) is 18.3 Å². The van der Waals surface area contributed by atoms with Crippen LogP contribution in [0.15, 0.2) is 42.5 Å². The molecular weight excluding hydrogens is 305 g/mol. The maximum Gasteiger partial charge on any atom is 0.142 e. The maximum atomic E-state index is 6.10. The topological polar surface area (TPSA) is 21.3 Å². The van der Waals surface area contributed by atoms with Crippen LogP contribution in [0.5, 0.6) is 5.75 Å². The largest absolute Gasteiger partial charge is 0.492 e. The summed E-state index contributed by atoms with van der Waals surface area (Å²) >= 11 is 12.2. The second-order valence-corrected chi connectivity index (χ2v) is 5.61. The Hall–Kier alpha value is -1.38. The van der Waals surface area contributed by atoms with E-state index in [4.69, 9.17) is 27.9 Å². The van der Waals surface area contributed by atoms with Crippen LogP contribution in [0, 0.1) is 0 Å². The Morgan fingerprint density at radius 1 is 1.05 bits per heavy atom. The Labute approximate surface area is 136 Å². The van der Waals surface area contributed by atoms with Crippen molar-refractivity contribution in [2.45, 2.75) is 26.3 Å². The fourth-order valence-electron chi connectivity index (χ4n) is 2.23. The summed E-state index contributed by atoms with van der Waals surface area (Å²) in [6, 6.07) is 13.6. The number of hydrogen-bond acceptors (Lipinski definition) is 2. The zero-order chi connectivity index (χ0) is 15.2. The van der Waals surface area contributed by atoms with Gasteiger partial charge in [0.15, 0.2) is 0 Å². The van der Waals surface area contributed by atoms with Gasteiger partial charge in [-0.1, -0.05) is 42.3 Å². The Kier molecular flexibility index (Phi) is 5.77. The van der Waals surface area contributed by atoms with Gasteiger partial charge >= 0.3 is 0 Å². The third-order valence-electron chi connectivity index (χ3n) is 3.23. The third kappa shape index (κ3) is 4.29. The molecule has 21 heavy (non-hydrogen) atoms. The highest BCUT2D eigenvalue weighted by Gasteiger charge is 2.13. The molecule has 2 nitrogen and oxygen atoms in total. The zero-order valence-corrected chi connectivity index (χ0v) is 13.7. The SMILES string of the molecule is CCOc1ccc(Cl)cc1NC(CC)c1cccc(Cl)c1. The van der Waals surface area contributed by atoms with Crippen molar-refractivity contribution in [3.05, 3.63) is 58.1 Å². The first-order valence-corrected chi connectivity index (χ1v) is 7.84. The zero-order valence-electron chi connectivity index (χ0n) is 12.2. The van der Waals surface area contributed by atoms with Gasteiger partial charge in [-0.3, -0.25) is 0 Å². The van der Waals surface area contributed by atoms with Gasteiger partial charge in [-0.15, -0.1) is 0 Å². The molecule has 0 radical (unpaired) electrons. The molecule has 0 saturated carbocycles. The van der Waals surface area contributed by atoms with E-state index in [0.717, 1.165) is 28.4 Å². The molecule has 2 rings (SSSR count). The standard InChI is InChI=1S/C17H19Cl2NO/c1-3-15(12-6-5-7-13(18)10-12)20-16-11-14(19)8-9-17(16)21-4-2/h5-11,15,20H,3-4H2,1-2H3. The highest BCUT2D eigenvalue weighted by Crippen LogP contribution is 2.32. The Morgan fingerprint density at radius 2 is 1.81 bits per heavy atom. The van der Waals surface area contributed by atoms with Crippen molar-refractivity contribution in [3.63, 3.8) is 0 Å². The molecule has 0 fully saturated rings. The molecule has 4 heteroatoms. The van der Waals surface area contributed by atoms with E-state index in [1.54, 1.807) is 0 Å². The minimum Gasteiger partial charge on any atom is -0.492 e. The monoisotopic (exact) mass is 323 g/mol. The van der Waals surface area contributed by atoms with Crippen LogP contribution >= 0.6 is 23.2 Å². The van der Waals surface area contributed by atoms with Crippen LogP contribution < -0.4 is 10.1 Å².